The molecule has 2 aromatic heterocycles. The maximum absolute atomic E-state index is 14.0. The number of amides is 1. The molecule has 0 bridgehead atoms. The number of nitrogens with zero attached hydrogens (tertiary/aromatic N) is 3. The highest BCUT2D eigenvalue weighted by molar-refractivity contribution is 7.89. The summed E-state index contributed by atoms with van der Waals surface area (Å²) >= 11 is 0. The minimum atomic E-state index is -4.47. The van der Waals surface area contributed by atoms with Crippen molar-refractivity contribution in [2.45, 2.75) is 42.9 Å². The van der Waals surface area contributed by atoms with Crippen LogP contribution in [0, 0.1) is 0 Å². The number of hydrogen-bond acceptors (Lipinski definition) is 4. The van der Waals surface area contributed by atoms with Crippen molar-refractivity contribution in [3.8, 4) is 0 Å². The summed E-state index contributed by atoms with van der Waals surface area (Å²) in [5, 5.41) is 1.68. The molecule has 3 aromatic carbocycles. The summed E-state index contributed by atoms with van der Waals surface area (Å²) < 4.78 is 68.7. The van der Waals surface area contributed by atoms with Crippen molar-refractivity contribution >= 4 is 37.7 Å². The van der Waals surface area contributed by atoms with Crippen molar-refractivity contribution in [3.05, 3.63) is 108 Å². The predicted molar refractivity (Wildman–Crippen MR) is 158 cm³/mol. The number of benzene rings is 3. The molecular formula is C32H29F3N4O3S. The fourth-order valence-corrected chi connectivity index (χ4v) is 7.12. The quantitative estimate of drug-likeness (QED) is 0.206. The Morgan fingerprint density at radius 1 is 0.953 bits per heavy atom. The first-order valence-electron chi connectivity index (χ1n) is 14.0. The van der Waals surface area contributed by atoms with Crippen molar-refractivity contribution in [1.82, 2.24) is 19.2 Å². The van der Waals surface area contributed by atoms with E-state index in [0.29, 0.717) is 35.7 Å². The van der Waals surface area contributed by atoms with E-state index in [1.54, 1.807) is 24.3 Å². The van der Waals surface area contributed by atoms with Crippen LogP contribution in [0.2, 0.25) is 0 Å². The number of para-hydroxylation sites is 2. The Bertz CT molecular complexity index is 1880. The Kier molecular flexibility index (Phi) is 7.70. The van der Waals surface area contributed by atoms with E-state index in [4.69, 9.17) is 0 Å². The Morgan fingerprint density at radius 2 is 1.70 bits per heavy atom. The van der Waals surface area contributed by atoms with Crippen LogP contribution in [0.4, 0.5) is 13.2 Å². The first-order valence-corrected chi connectivity index (χ1v) is 15.4. The molecule has 11 heteroatoms. The van der Waals surface area contributed by atoms with Gasteiger partial charge in [-0.05, 0) is 60.7 Å². The maximum atomic E-state index is 14.0. The molecule has 0 aliphatic heterocycles. The third kappa shape index (κ3) is 6.14. The zero-order valence-corrected chi connectivity index (χ0v) is 23.9. The fourth-order valence-electron chi connectivity index (χ4n) is 5.32. The second-order valence-electron chi connectivity index (χ2n) is 10.7. The van der Waals surface area contributed by atoms with Crippen LogP contribution in [0.5, 0.6) is 0 Å². The third-order valence-electron chi connectivity index (χ3n) is 7.76. The first-order chi connectivity index (χ1) is 20.6. The van der Waals surface area contributed by atoms with Crippen molar-refractivity contribution < 1.29 is 26.4 Å². The largest absolute Gasteiger partial charge is 0.416 e. The lowest BCUT2D eigenvalue weighted by Crippen LogP contribution is -2.44. The molecule has 1 amide bonds. The molecule has 7 nitrogen and oxygen atoms in total. The van der Waals surface area contributed by atoms with Crippen LogP contribution in [0.25, 0.3) is 21.8 Å². The van der Waals surface area contributed by atoms with Crippen LogP contribution >= 0.6 is 0 Å². The van der Waals surface area contributed by atoms with Crippen LogP contribution < -0.4 is 0 Å². The fraction of sp³-hybridized carbons (Fsp3) is 0.250. The smallest absolute Gasteiger partial charge is 0.361 e. The lowest BCUT2D eigenvalue weighted by Gasteiger charge is -2.28. The summed E-state index contributed by atoms with van der Waals surface area (Å²) in [6.45, 7) is -0.103. The normalized spacial score (nSPS) is 14.0. The van der Waals surface area contributed by atoms with E-state index >= 15 is 0 Å². The standard InChI is InChI=1S/C32H29F3N4O3S/c33-32(34,35)25-12-10-22(11-13-25)20-38(18-16-24-19-37-28-8-2-1-7-27(24)28)30(40)21-39(26-14-15-26)43(41,42)29-9-3-5-23-6-4-17-36-31(23)29/h1-13,17,19,26,37H,14-16,18,20-21H2. The topological polar surface area (TPSA) is 86.4 Å². The highest BCUT2D eigenvalue weighted by Gasteiger charge is 2.41. The van der Waals surface area contributed by atoms with Gasteiger partial charge in [-0.2, -0.15) is 17.5 Å². The molecule has 1 saturated carbocycles. The highest BCUT2D eigenvalue weighted by Crippen LogP contribution is 2.34. The van der Waals surface area contributed by atoms with E-state index < -0.39 is 27.7 Å². The highest BCUT2D eigenvalue weighted by atomic mass is 32.2. The lowest BCUT2D eigenvalue weighted by molar-refractivity contribution is -0.137. The summed E-state index contributed by atoms with van der Waals surface area (Å²) in [6.07, 6.45) is 0.682. The number of aromatic nitrogens is 2. The molecule has 1 aliphatic carbocycles. The van der Waals surface area contributed by atoms with Gasteiger partial charge in [0.25, 0.3) is 0 Å². The monoisotopic (exact) mass is 606 g/mol. The number of halogens is 3. The van der Waals surface area contributed by atoms with Gasteiger partial charge < -0.3 is 9.88 Å². The summed E-state index contributed by atoms with van der Waals surface area (Å²) in [4.78, 5) is 23.0. The molecule has 1 fully saturated rings. The average molecular weight is 607 g/mol. The number of aromatic amines is 1. The van der Waals surface area contributed by atoms with Gasteiger partial charge >= 0.3 is 6.18 Å². The van der Waals surface area contributed by atoms with E-state index in [1.807, 2.05) is 30.5 Å². The second-order valence-corrected chi connectivity index (χ2v) is 12.6. The molecule has 0 unspecified atom stereocenters. The van der Waals surface area contributed by atoms with E-state index in [9.17, 15) is 26.4 Å². The van der Waals surface area contributed by atoms with E-state index in [2.05, 4.69) is 9.97 Å². The molecular weight excluding hydrogens is 577 g/mol. The molecule has 43 heavy (non-hydrogen) atoms. The number of nitrogens with one attached hydrogen (secondary N) is 1. The Balaban J connectivity index is 1.28. The maximum Gasteiger partial charge on any atom is 0.416 e. The van der Waals surface area contributed by atoms with Gasteiger partial charge in [0.2, 0.25) is 15.9 Å². The van der Waals surface area contributed by atoms with Crippen LogP contribution in [-0.4, -0.2) is 52.6 Å². The summed E-state index contributed by atoms with van der Waals surface area (Å²) in [5.41, 5.74) is 2.01. The molecule has 5 aromatic rings. The molecule has 0 atom stereocenters. The number of rotatable bonds is 10. The minimum Gasteiger partial charge on any atom is -0.361 e. The van der Waals surface area contributed by atoms with E-state index in [-0.39, 0.29) is 30.6 Å². The number of carbonyl (C=O) groups excluding carboxylic acids is 1. The molecule has 2 heterocycles. The Morgan fingerprint density at radius 3 is 2.44 bits per heavy atom. The molecule has 222 valence electrons. The lowest BCUT2D eigenvalue weighted by atomic mass is 10.1. The molecule has 1 N–H and O–H groups in total. The molecule has 6 rings (SSSR count). The SMILES string of the molecule is O=C(CN(C1CC1)S(=O)(=O)c1cccc2cccnc12)N(CCc1c[nH]c2ccccc12)Cc1ccc(C(F)(F)F)cc1. The van der Waals surface area contributed by atoms with Crippen LogP contribution in [0.1, 0.15) is 29.5 Å². The Labute approximate surface area is 247 Å². The van der Waals surface area contributed by atoms with Crippen molar-refractivity contribution in [1.29, 1.82) is 0 Å². The number of alkyl halides is 3. The number of fused-ring (bicyclic) bond motifs is 2. The number of hydrogen-bond donors (Lipinski definition) is 1. The van der Waals surface area contributed by atoms with Gasteiger partial charge in [0.1, 0.15) is 4.90 Å². The Hall–Kier alpha value is -4.22. The zero-order valence-electron chi connectivity index (χ0n) is 23.1. The van der Waals surface area contributed by atoms with Gasteiger partial charge in [-0.1, -0.05) is 48.5 Å². The molecule has 1 aliphatic rings. The average Bonchev–Trinajstić information content (AvgIpc) is 3.76. The summed E-state index contributed by atoms with van der Waals surface area (Å²) in [6, 6.07) is 20.6. The number of sulfonamides is 1. The molecule has 0 radical (unpaired) electrons. The number of H-pyrrole nitrogens is 1. The van der Waals surface area contributed by atoms with Crippen molar-refractivity contribution in [3.63, 3.8) is 0 Å². The third-order valence-corrected chi connectivity index (χ3v) is 9.69. The first kappa shape index (κ1) is 28.9. The van der Waals surface area contributed by atoms with Crippen molar-refractivity contribution in [2.75, 3.05) is 13.1 Å². The molecule has 0 spiro atoms. The van der Waals surface area contributed by atoms with Gasteiger partial charge in [0, 0.05) is 47.8 Å². The van der Waals surface area contributed by atoms with Gasteiger partial charge in [0.05, 0.1) is 17.6 Å². The van der Waals surface area contributed by atoms with Crippen LogP contribution in [0.15, 0.2) is 96.2 Å². The van der Waals surface area contributed by atoms with Gasteiger partial charge in [-0.25, -0.2) is 8.42 Å². The van der Waals surface area contributed by atoms with Crippen LogP contribution in [0.3, 0.4) is 0 Å². The summed E-state index contributed by atoms with van der Waals surface area (Å²) in [5.74, 6) is -0.427. The molecule has 0 saturated heterocycles. The number of pyridine rings is 1. The predicted octanol–water partition coefficient (Wildman–Crippen LogP) is 6.16. The van der Waals surface area contributed by atoms with E-state index in [1.165, 1.54) is 33.6 Å². The van der Waals surface area contributed by atoms with Gasteiger partial charge in [-0.15, -0.1) is 0 Å². The van der Waals surface area contributed by atoms with Crippen molar-refractivity contribution in [2.24, 2.45) is 0 Å². The van der Waals surface area contributed by atoms with Gasteiger partial charge in [0.15, 0.2) is 0 Å². The minimum absolute atomic E-state index is 0.0354. The van der Waals surface area contributed by atoms with E-state index in [0.717, 1.165) is 28.6 Å². The summed E-state index contributed by atoms with van der Waals surface area (Å²) in [7, 11) is -4.08. The zero-order chi connectivity index (χ0) is 30.2. The van der Waals surface area contributed by atoms with Gasteiger partial charge in [-0.3, -0.25) is 9.78 Å². The number of carbonyl (C=O) groups is 1. The second kappa shape index (κ2) is 11.5. The van der Waals surface area contributed by atoms with Crippen LogP contribution in [-0.2, 0) is 34.0 Å².